The van der Waals surface area contributed by atoms with Gasteiger partial charge in [-0.05, 0) is 6.07 Å². The zero-order valence-electron chi connectivity index (χ0n) is 6.55. The predicted octanol–water partition coefficient (Wildman–Crippen LogP) is 0.898. The number of nitrogens with two attached hydrogens (primary N) is 1. The minimum atomic E-state index is 0.448. The van der Waals surface area contributed by atoms with E-state index in [0.717, 1.165) is 0 Å². The maximum Gasteiger partial charge on any atom is 0.197 e. The summed E-state index contributed by atoms with van der Waals surface area (Å²) in [6.07, 6.45) is 4.60. The van der Waals surface area contributed by atoms with Gasteiger partial charge in [0.05, 0.1) is 23.1 Å². The molecule has 0 amide bonds. The lowest BCUT2D eigenvalue weighted by atomic mass is 10.4. The average Bonchev–Trinajstić information content (AvgIpc) is 2.56. The molecule has 0 spiro atoms. The van der Waals surface area contributed by atoms with Crippen LogP contribution in [0.15, 0.2) is 24.7 Å². The molecule has 0 saturated heterocycles. The van der Waals surface area contributed by atoms with Gasteiger partial charge in [-0.3, -0.25) is 0 Å². The standard InChI is InChI=1S/C7H6ClN5/c8-5-3-6(9)7(10-4-5)13-11-1-2-12-13/h1-4H,9H2. The Balaban J connectivity index is 2.53. The second-order valence-electron chi connectivity index (χ2n) is 2.38. The maximum atomic E-state index is 5.69. The second kappa shape index (κ2) is 3.02. The number of halogens is 1. The summed E-state index contributed by atoms with van der Waals surface area (Å²) in [5.74, 6) is 0.481. The molecule has 66 valence electrons. The van der Waals surface area contributed by atoms with Crippen LogP contribution in [0.1, 0.15) is 0 Å². The lowest BCUT2D eigenvalue weighted by Gasteiger charge is -2.01. The third-order valence-electron chi connectivity index (χ3n) is 1.47. The summed E-state index contributed by atoms with van der Waals surface area (Å²) in [6.45, 7) is 0. The Morgan fingerprint density at radius 2 is 2.00 bits per heavy atom. The highest BCUT2D eigenvalue weighted by atomic mass is 35.5. The second-order valence-corrected chi connectivity index (χ2v) is 2.82. The van der Waals surface area contributed by atoms with Gasteiger partial charge < -0.3 is 5.73 Å². The van der Waals surface area contributed by atoms with Crippen LogP contribution in [0.4, 0.5) is 5.69 Å². The smallest absolute Gasteiger partial charge is 0.197 e. The molecule has 0 atom stereocenters. The first-order valence-corrected chi connectivity index (χ1v) is 3.93. The van der Waals surface area contributed by atoms with Crippen molar-refractivity contribution in [1.29, 1.82) is 0 Å². The van der Waals surface area contributed by atoms with E-state index in [1.165, 1.54) is 11.0 Å². The molecule has 0 unspecified atom stereocenters. The van der Waals surface area contributed by atoms with Gasteiger partial charge in [0.25, 0.3) is 0 Å². The van der Waals surface area contributed by atoms with Crippen LogP contribution in [-0.2, 0) is 0 Å². The molecule has 6 heteroatoms. The number of anilines is 1. The molecule has 2 rings (SSSR count). The first-order valence-electron chi connectivity index (χ1n) is 3.55. The predicted molar refractivity (Wildman–Crippen MR) is 48.6 cm³/mol. The Hall–Kier alpha value is -1.62. The summed E-state index contributed by atoms with van der Waals surface area (Å²) in [5, 5.41) is 8.29. The van der Waals surface area contributed by atoms with Gasteiger partial charge in [-0.25, -0.2) is 4.98 Å². The van der Waals surface area contributed by atoms with E-state index in [2.05, 4.69) is 15.2 Å². The minimum absolute atomic E-state index is 0.448. The van der Waals surface area contributed by atoms with Crippen molar-refractivity contribution in [3.05, 3.63) is 29.7 Å². The van der Waals surface area contributed by atoms with E-state index in [0.29, 0.717) is 16.5 Å². The van der Waals surface area contributed by atoms with Crippen molar-refractivity contribution in [3.8, 4) is 5.82 Å². The van der Waals surface area contributed by atoms with Crippen LogP contribution in [0, 0.1) is 0 Å². The number of nitrogens with zero attached hydrogens (tertiary/aromatic N) is 4. The fraction of sp³-hybridized carbons (Fsp3) is 0. The van der Waals surface area contributed by atoms with Gasteiger partial charge in [-0.2, -0.15) is 10.2 Å². The van der Waals surface area contributed by atoms with Gasteiger partial charge in [-0.15, -0.1) is 4.80 Å². The lowest BCUT2D eigenvalue weighted by molar-refractivity contribution is 0.732. The molecule has 2 aromatic rings. The molecule has 0 radical (unpaired) electrons. The summed E-state index contributed by atoms with van der Waals surface area (Å²) in [5.41, 5.74) is 6.11. The fourth-order valence-electron chi connectivity index (χ4n) is 0.940. The van der Waals surface area contributed by atoms with Gasteiger partial charge in [0, 0.05) is 6.20 Å². The third-order valence-corrected chi connectivity index (χ3v) is 1.68. The molecule has 2 N–H and O–H groups in total. The zero-order chi connectivity index (χ0) is 9.26. The van der Waals surface area contributed by atoms with Crippen LogP contribution in [0.3, 0.4) is 0 Å². The molecular weight excluding hydrogens is 190 g/mol. The van der Waals surface area contributed by atoms with Gasteiger partial charge in [-0.1, -0.05) is 11.6 Å². The largest absolute Gasteiger partial charge is 0.396 e. The number of hydrogen-bond donors (Lipinski definition) is 1. The van der Waals surface area contributed by atoms with Crippen LogP contribution in [0.5, 0.6) is 0 Å². The normalized spacial score (nSPS) is 10.2. The zero-order valence-corrected chi connectivity index (χ0v) is 7.31. The highest BCUT2D eigenvalue weighted by Crippen LogP contribution is 2.16. The van der Waals surface area contributed by atoms with Crippen molar-refractivity contribution in [2.75, 3.05) is 5.73 Å². The monoisotopic (exact) mass is 195 g/mol. The highest BCUT2D eigenvalue weighted by molar-refractivity contribution is 6.30. The molecule has 0 aliphatic rings. The van der Waals surface area contributed by atoms with Crippen molar-refractivity contribution in [2.24, 2.45) is 0 Å². The van der Waals surface area contributed by atoms with Gasteiger partial charge >= 0.3 is 0 Å². The molecule has 5 nitrogen and oxygen atoms in total. The van der Waals surface area contributed by atoms with E-state index in [9.17, 15) is 0 Å². The molecule has 2 heterocycles. The van der Waals surface area contributed by atoms with Crippen LogP contribution in [0.25, 0.3) is 5.82 Å². The fourth-order valence-corrected chi connectivity index (χ4v) is 1.11. The topological polar surface area (TPSA) is 69.6 Å². The van der Waals surface area contributed by atoms with Gasteiger partial charge in [0.15, 0.2) is 5.82 Å². The quantitative estimate of drug-likeness (QED) is 0.734. The molecule has 2 aromatic heterocycles. The van der Waals surface area contributed by atoms with Crippen LogP contribution in [0.2, 0.25) is 5.02 Å². The molecule has 0 saturated carbocycles. The summed E-state index contributed by atoms with van der Waals surface area (Å²) in [7, 11) is 0. The van der Waals surface area contributed by atoms with Crippen molar-refractivity contribution in [2.45, 2.75) is 0 Å². The van der Waals surface area contributed by atoms with Crippen LogP contribution in [-0.4, -0.2) is 20.0 Å². The molecule has 0 aliphatic heterocycles. The molecule has 0 bridgehead atoms. The van der Waals surface area contributed by atoms with E-state index in [1.807, 2.05) is 0 Å². The van der Waals surface area contributed by atoms with Crippen molar-refractivity contribution >= 4 is 17.3 Å². The summed E-state index contributed by atoms with van der Waals surface area (Å²) in [6, 6.07) is 1.60. The van der Waals surface area contributed by atoms with E-state index in [-0.39, 0.29) is 0 Å². The van der Waals surface area contributed by atoms with Crippen LogP contribution < -0.4 is 5.73 Å². The number of nitrogen functional groups attached to an aromatic ring is 1. The SMILES string of the molecule is Nc1cc(Cl)cnc1-n1nccn1. The molecule has 13 heavy (non-hydrogen) atoms. The van der Waals surface area contributed by atoms with E-state index in [4.69, 9.17) is 17.3 Å². The maximum absolute atomic E-state index is 5.69. The number of aromatic nitrogens is 4. The van der Waals surface area contributed by atoms with E-state index in [1.54, 1.807) is 18.5 Å². The number of hydrogen-bond acceptors (Lipinski definition) is 4. The summed E-state index contributed by atoms with van der Waals surface area (Å²) in [4.78, 5) is 5.34. The third kappa shape index (κ3) is 1.46. The Morgan fingerprint density at radius 1 is 1.31 bits per heavy atom. The van der Waals surface area contributed by atoms with Gasteiger partial charge in [0.2, 0.25) is 0 Å². The summed E-state index contributed by atoms with van der Waals surface area (Å²) >= 11 is 5.69. The summed E-state index contributed by atoms with van der Waals surface area (Å²) < 4.78 is 0. The number of rotatable bonds is 1. The van der Waals surface area contributed by atoms with E-state index < -0.39 is 0 Å². The Bertz CT molecular complexity index is 411. The van der Waals surface area contributed by atoms with Crippen molar-refractivity contribution in [3.63, 3.8) is 0 Å². The van der Waals surface area contributed by atoms with Crippen LogP contribution >= 0.6 is 11.6 Å². The molecule has 0 aliphatic carbocycles. The van der Waals surface area contributed by atoms with Gasteiger partial charge in [0.1, 0.15) is 0 Å². The number of pyridine rings is 1. The Labute approximate surface area is 79.1 Å². The molecular formula is C7H6ClN5. The average molecular weight is 196 g/mol. The molecule has 0 aromatic carbocycles. The molecule has 0 fully saturated rings. The minimum Gasteiger partial charge on any atom is -0.396 e. The lowest BCUT2D eigenvalue weighted by Crippen LogP contribution is -2.05. The van der Waals surface area contributed by atoms with Crippen molar-refractivity contribution < 1.29 is 0 Å². The first kappa shape index (κ1) is 8.00. The Morgan fingerprint density at radius 3 is 2.62 bits per heavy atom. The first-order chi connectivity index (χ1) is 6.27. The Kier molecular flexibility index (Phi) is 1.86. The van der Waals surface area contributed by atoms with Crippen molar-refractivity contribution in [1.82, 2.24) is 20.0 Å². The van der Waals surface area contributed by atoms with E-state index >= 15 is 0 Å². The highest BCUT2D eigenvalue weighted by Gasteiger charge is 2.04.